The van der Waals surface area contributed by atoms with Crippen molar-refractivity contribution < 1.29 is 0 Å². The molecule has 0 saturated heterocycles. The first kappa shape index (κ1) is 10.2. The number of aromatic nitrogens is 4. The van der Waals surface area contributed by atoms with E-state index in [1.54, 1.807) is 0 Å². The SMILES string of the molecule is Clc1nnc(Cn2cnc3c2CCCC3)s1. The maximum Gasteiger partial charge on any atom is 0.207 e. The Kier molecular flexibility index (Phi) is 2.65. The van der Waals surface area contributed by atoms with E-state index in [9.17, 15) is 0 Å². The van der Waals surface area contributed by atoms with Gasteiger partial charge in [0.05, 0.1) is 18.6 Å². The molecule has 0 radical (unpaired) electrons. The number of halogens is 1. The van der Waals surface area contributed by atoms with E-state index in [4.69, 9.17) is 11.6 Å². The summed E-state index contributed by atoms with van der Waals surface area (Å²) in [6, 6.07) is 0. The highest BCUT2D eigenvalue weighted by atomic mass is 35.5. The van der Waals surface area contributed by atoms with Crippen molar-refractivity contribution in [1.29, 1.82) is 0 Å². The third-order valence-corrected chi connectivity index (χ3v) is 3.86. The van der Waals surface area contributed by atoms with Crippen molar-refractivity contribution in [1.82, 2.24) is 19.7 Å². The van der Waals surface area contributed by atoms with E-state index >= 15 is 0 Å². The van der Waals surface area contributed by atoms with Gasteiger partial charge in [-0.1, -0.05) is 11.3 Å². The van der Waals surface area contributed by atoms with Crippen LogP contribution in [0.3, 0.4) is 0 Å². The number of aryl methyl sites for hydroxylation is 1. The largest absolute Gasteiger partial charge is 0.327 e. The predicted octanol–water partition coefficient (Wildman–Crippen LogP) is 2.32. The standard InChI is InChI=1S/C10H11ClN4S/c11-10-14-13-9(16-10)5-15-6-12-7-3-1-2-4-8(7)15/h6H,1-5H2. The van der Waals surface area contributed by atoms with Crippen molar-refractivity contribution in [2.45, 2.75) is 32.2 Å². The third kappa shape index (κ3) is 1.85. The van der Waals surface area contributed by atoms with Gasteiger partial charge in [0, 0.05) is 5.69 Å². The Bertz CT molecular complexity index is 505. The molecule has 0 bridgehead atoms. The van der Waals surface area contributed by atoms with Gasteiger partial charge in [-0.2, -0.15) is 0 Å². The minimum atomic E-state index is 0.504. The van der Waals surface area contributed by atoms with Gasteiger partial charge in [-0.15, -0.1) is 10.2 Å². The van der Waals surface area contributed by atoms with Crippen molar-refractivity contribution in [3.05, 3.63) is 27.2 Å². The Morgan fingerprint density at radius 2 is 2.19 bits per heavy atom. The summed E-state index contributed by atoms with van der Waals surface area (Å²) >= 11 is 7.20. The molecule has 2 heterocycles. The van der Waals surface area contributed by atoms with Crippen LogP contribution in [0.5, 0.6) is 0 Å². The molecule has 0 unspecified atom stereocenters. The highest BCUT2D eigenvalue weighted by Crippen LogP contribution is 2.22. The smallest absolute Gasteiger partial charge is 0.207 e. The summed E-state index contributed by atoms with van der Waals surface area (Å²) < 4.78 is 2.68. The monoisotopic (exact) mass is 254 g/mol. The summed E-state index contributed by atoms with van der Waals surface area (Å²) in [7, 11) is 0. The second-order valence-corrected chi connectivity index (χ2v) is 5.57. The van der Waals surface area contributed by atoms with Gasteiger partial charge >= 0.3 is 0 Å². The Balaban J connectivity index is 1.87. The Morgan fingerprint density at radius 1 is 1.31 bits per heavy atom. The van der Waals surface area contributed by atoms with Crippen molar-refractivity contribution in [2.24, 2.45) is 0 Å². The summed E-state index contributed by atoms with van der Waals surface area (Å²) in [6.45, 7) is 0.743. The van der Waals surface area contributed by atoms with Crippen LogP contribution in [0.4, 0.5) is 0 Å². The van der Waals surface area contributed by atoms with E-state index < -0.39 is 0 Å². The van der Waals surface area contributed by atoms with Gasteiger partial charge in [0.2, 0.25) is 4.47 Å². The van der Waals surface area contributed by atoms with E-state index in [1.807, 2.05) is 6.33 Å². The molecule has 0 aromatic carbocycles. The quantitative estimate of drug-likeness (QED) is 0.826. The molecule has 0 amide bonds. The fraction of sp³-hybridized carbons (Fsp3) is 0.500. The lowest BCUT2D eigenvalue weighted by molar-refractivity contribution is 0.626. The van der Waals surface area contributed by atoms with Gasteiger partial charge in [0.1, 0.15) is 5.01 Å². The summed E-state index contributed by atoms with van der Waals surface area (Å²) in [4.78, 5) is 4.45. The Morgan fingerprint density at radius 3 is 3.00 bits per heavy atom. The van der Waals surface area contributed by atoms with Crippen LogP contribution in [-0.2, 0) is 19.4 Å². The lowest BCUT2D eigenvalue weighted by Gasteiger charge is -2.12. The minimum Gasteiger partial charge on any atom is -0.327 e. The van der Waals surface area contributed by atoms with Gasteiger partial charge in [0.15, 0.2) is 0 Å². The molecule has 0 N–H and O–H groups in total. The van der Waals surface area contributed by atoms with Crippen LogP contribution in [0.2, 0.25) is 4.47 Å². The lowest BCUT2D eigenvalue weighted by Crippen LogP contribution is -2.08. The van der Waals surface area contributed by atoms with E-state index in [0.717, 1.165) is 24.4 Å². The molecule has 1 aliphatic rings. The van der Waals surface area contributed by atoms with Crippen LogP contribution in [0.25, 0.3) is 0 Å². The Labute approximate surface area is 102 Å². The lowest BCUT2D eigenvalue weighted by atomic mass is 10.0. The van der Waals surface area contributed by atoms with Gasteiger partial charge in [-0.25, -0.2) is 4.98 Å². The van der Waals surface area contributed by atoms with Crippen molar-refractivity contribution in [3.63, 3.8) is 0 Å². The fourth-order valence-electron chi connectivity index (χ4n) is 2.11. The molecule has 2 aromatic rings. The van der Waals surface area contributed by atoms with Crippen LogP contribution in [0.1, 0.15) is 29.2 Å². The maximum absolute atomic E-state index is 5.76. The van der Waals surface area contributed by atoms with Crippen molar-refractivity contribution in [3.8, 4) is 0 Å². The Hall–Kier alpha value is -0.940. The molecule has 0 saturated carbocycles. The van der Waals surface area contributed by atoms with Crippen LogP contribution in [0, 0.1) is 0 Å². The number of nitrogens with zero attached hydrogens (tertiary/aromatic N) is 4. The van der Waals surface area contributed by atoms with Gasteiger partial charge in [-0.3, -0.25) is 0 Å². The van der Waals surface area contributed by atoms with Gasteiger partial charge in [0.25, 0.3) is 0 Å². The van der Waals surface area contributed by atoms with E-state index in [1.165, 1.54) is 35.6 Å². The second-order valence-electron chi connectivity index (χ2n) is 3.92. The van der Waals surface area contributed by atoms with Crippen molar-refractivity contribution >= 4 is 22.9 Å². The first-order chi connectivity index (χ1) is 7.83. The number of rotatable bonds is 2. The van der Waals surface area contributed by atoms with Crippen LogP contribution >= 0.6 is 22.9 Å². The number of fused-ring (bicyclic) bond motifs is 1. The topological polar surface area (TPSA) is 43.6 Å². The summed E-state index contributed by atoms with van der Waals surface area (Å²) in [6.07, 6.45) is 6.66. The minimum absolute atomic E-state index is 0.504. The maximum atomic E-state index is 5.76. The molecule has 4 nitrogen and oxygen atoms in total. The molecule has 84 valence electrons. The zero-order chi connectivity index (χ0) is 11.0. The molecule has 2 aromatic heterocycles. The first-order valence-electron chi connectivity index (χ1n) is 5.33. The highest BCUT2D eigenvalue weighted by Gasteiger charge is 2.15. The zero-order valence-electron chi connectivity index (χ0n) is 8.69. The van der Waals surface area contributed by atoms with Crippen LogP contribution in [0.15, 0.2) is 6.33 Å². The molecule has 6 heteroatoms. The molecule has 3 rings (SSSR count). The third-order valence-electron chi connectivity index (χ3n) is 2.86. The molecular weight excluding hydrogens is 244 g/mol. The first-order valence-corrected chi connectivity index (χ1v) is 6.53. The number of hydrogen-bond donors (Lipinski definition) is 0. The molecular formula is C10H11ClN4S. The summed E-state index contributed by atoms with van der Waals surface area (Å²) in [5.74, 6) is 0. The normalized spacial score (nSPS) is 15.1. The van der Waals surface area contributed by atoms with E-state index in [2.05, 4.69) is 19.7 Å². The van der Waals surface area contributed by atoms with Crippen molar-refractivity contribution in [2.75, 3.05) is 0 Å². The van der Waals surface area contributed by atoms with Crippen LogP contribution < -0.4 is 0 Å². The number of hydrogen-bond acceptors (Lipinski definition) is 4. The second kappa shape index (κ2) is 4.14. The average Bonchev–Trinajstić information content (AvgIpc) is 2.87. The average molecular weight is 255 g/mol. The summed E-state index contributed by atoms with van der Waals surface area (Å²) in [5, 5.41) is 8.78. The molecule has 0 fully saturated rings. The summed E-state index contributed by atoms with van der Waals surface area (Å²) in [5.41, 5.74) is 2.61. The van der Waals surface area contributed by atoms with Gasteiger partial charge in [-0.05, 0) is 37.3 Å². The fourth-order valence-corrected chi connectivity index (χ4v) is 2.98. The van der Waals surface area contributed by atoms with Gasteiger partial charge < -0.3 is 4.57 Å². The molecule has 0 spiro atoms. The van der Waals surface area contributed by atoms with E-state index in [-0.39, 0.29) is 0 Å². The highest BCUT2D eigenvalue weighted by molar-refractivity contribution is 7.15. The zero-order valence-corrected chi connectivity index (χ0v) is 10.3. The number of imidazole rings is 1. The van der Waals surface area contributed by atoms with Crippen LogP contribution in [-0.4, -0.2) is 19.7 Å². The molecule has 16 heavy (non-hydrogen) atoms. The van der Waals surface area contributed by atoms with E-state index in [0.29, 0.717) is 4.47 Å². The molecule has 0 atom stereocenters. The predicted molar refractivity (Wildman–Crippen MR) is 62.9 cm³/mol. The molecule has 1 aliphatic carbocycles. The molecule has 0 aliphatic heterocycles.